The van der Waals surface area contributed by atoms with E-state index in [0.717, 1.165) is 11.4 Å². The van der Waals surface area contributed by atoms with Crippen molar-refractivity contribution in [3.05, 3.63) is 23.8 Å². The Morgan fingerprint density at radius 3 is 2.36 bits per heavy atom. The molecule has 0 aliphatic rings. The molecule has 0 spiro atoms. The third-order valence-electron chi connectivity index (χ3n) is 2.27. The summed E-state index contributed by atoms with van der Waals surface area (Å²) in [5.41, 5.74) is 3.32. The second-order valence-corrected chi connectivity index (χ2v) is 4.36. The number of nitrogens with zero attached hydrogens (tertiary/aromatic N) is 1. The van der Waals surface area contributed by atoms with Crippen LogP contribution in [0, 0.1) is 0 Å². The van der Waals surface area contributed by atoms with E-state index in [9.17, 15) is 0 Å². The molecule has 14 heavy (non-hydrogen) atoms. The molecule has 0 bridgehead atoms. The lowest BCUT2D eigenvalue weighted by Crippen LogP contribution is -2.11. The average molecular weight is 190 g/mol. The maximum Gasteiger partial charge on any atom is 0.0890 e. The van der Waals surface area contributed by atoms with Gasteiger partial charge in [0.1, 0.15) is 0 Å². The van der Waals surface area contributed by atoms with Crippen LogP contribution < -0.4 is 5.32 Å². The predicted molar refractivity (Wildman–Crippen MR) is 63.9 cm³/mol. The molecule has 0 saturated heterocycles. The highest BCUT2D eigenvalue weighted by atomic mass is 14.9. The Bertz CT molecular complexity index is 335. The van der Waals surface area contributed by atoms with Crippen LogP contribution in [0.2, 0.25) is 0 Å². The van der Waals surface area contributed by atoms with Crippen molar-refractivity contribution in [1.82, 2.24) is 0 Å². The fourth-order valence-electron chi connectivity index (χ4n) is 1.52. The molecule has 1 aromatic carbocycles. The zero-order valence-corrected chi connectivity index (χ0v) is 9.39. The topological polar surface area (TPSA) is 24.4 Å². The molecular formula is C12H18N2. The number of aliphatic imine (C=N–C) groups is 1. The summed E-state index contributed by atoms with van der Waals surface area (Å²) in [5, 5.41) is 3.13. The van der Waals surface area contributed by atoms with Gasteiger partial charge in [-0.25, -0.2) is 0 Å². The molecule has 1 aromatic rings. The number of nitrogens with one attached hydrogen (secondary N) is 1. The molecule has 0 aliphatic heterocycles. The van der Waals surface area contributed by atoms with Gasteiger partial charge in [0.05, 0.1) is 11.4 Å². The summed E-state index contributed by atoms with van der Waals surface area (Å²) in [5.74, 6) is 0. The lowest BCUT2D eigenvalue weighted by Gasteiger charge is -2.22. The fraction of sp³-hybridized carbons (Fsp3) is 0.417. The van der Waals surface area contributed by atoms with Gasteiger partial charge in [-0.15, -0.1) is 0 Å². The minimum atomic E-state index is 0.101. The SMILES string of the molecule is C=Nc1c(NC)cccc1C(C)(C)C. The number of hydrogen-bond acceptors (Lipinski definition) is 2. The van der Waals surface area contributed by atoms with Gasteiger partial charge in [0.2, 0.25) is 0 Å². The molecule has 2 nitrogen and oxygen atoms in total. The number of anilines is 1. The predicted octanol–water partition coefficient (Wildman–Crippen LogP) is 3.36. The second kappa shape index (κ2) is 3.82. The van der Waals surface area contributed by atoms with Crippen LogP contribution in [0.1, 0.15) is 26.3 Å². The van der Waals surface area contributed by atoms with Crippen molar-refractivity contribution >= 4 is 18.1 Å². The Morgan fingerprint density at radius 2 is 1.93 bits per heavy atom. The highest BCUT2D eigenvalue weighted by Crippen LogP contribution is 2.36. The van der Waals surface area contributed by atoms with E-state index in [1.165, 1.54) is 5.56 Å². The van der Waals surface area contributed by atoms with Crippen molar-refractivity contribution in [2.45, 2.75) is 26.2 Å². The standard InChI is InChI=1S/C12H18N2/c1-12(2,3)9-7-6-8-10(13-4)11(9)14-5/h6-8,13H,5H2,1-4H3. The molecule has 0 unspecified atom stereocenters. The molecule has 0 radical (unpaired) electrons. The van der Waals surface area contributed by atoms with E-state index < -0.39 is 0 Å². The maximum atomic E-state index is 4.10. The van der Waals surface area contributed by atoms with E-state index in [2.05, 4.69) is 43.9 Å². The molecule has 0 atom stereocenters. The molecule has 0 heterocycles. The summed E-state index contributed by atoms with van der Waals surface area (Å²) in [6.07, 6.45) is 0. The van der Waals surface area contributed by atoms with Crippen molar-refractivity contribution in [3.63, 3.8) is 0 Å². The fourth-order valence-corrected chi connectivity index (χ4v) is 1.52. The van der Waals surface area contributed by atoms with E-state index >= 15 is 0 Å². The highest BCUT2D eigenvalue weighted by molar-refractivity contribution is 5.72. The van der Waals surface area contributed by atoms with Crippen molar-refractivity contribution in [2.24, 2.45) is 4.99 Å². The summed E-state index contributed by atoms with van der Waals surface area (Å²) in [4.78, 5) is 4.10. The molecule has 0 amide bonds. The minimum Gasteiger partial charge on any atom is -0.386 e. The molecule has 1 N–H and O–H groups in total. The van der Waals surface area contributed by atoms with Crippen LogP contribution in [-0.4, -0.2) is 13.8 Å². The Kier molecular flexibility index (Phi) is 2.94. The van der Waals surface area contributed by atoms with E-state index in [1.807, 2.05) is 19.2 Å². The largest absolute Gasteiger partial charge is 0.386 e. The third kappa shape index (κ3) is 1.95. The first-order chi connectivity index (χ1) is 6.50. The maximum absolute atomic E-state index is 4.10. The van der Waals surface area contributed by atoms with Gasteiger partial charge in [0, 0.05) is 7.05 Å². The van der Waals surface area contributed by atoms with Gasteiger partial charge in [-0.3, -0.25) is 4.99 Å². The summed E-state index contributed by atoms with van der Waals surface area (Å²) in [7, 11) is 1.90. The molecule has 0 aliphatic carbocycles. The minimum absolute atomic E-state index is 0.101. The number of hydrogen-bond donors (Lipinski definition) is 1. The first kappa shape index (κ1) is 10.8. The number of benzene rings is 1. The lowest BCUT2D eigenvalue weighted by molar-refractivity contribution is 0.592. The second-order valence-electron chi connectivity index (χ2n) is 4.36. The van der Waals surface area contributed by atoms with Gasteiger partial charge in [-0.2, -0.15) is 0 Å². The van der Waals surface area contributed by atoms with E-state index in [4.69, 9.17) is 0 Å². The van der Waals surface area contributed by atoms with Gasteiger partial charge < -0.3 is 5.32 Å². The average Bonchev–Trinajstić information content (AvgIpc) is 2.15. The van der Waals surface area contributed by atoms with Gasteiger partial charge in [0.15, 0.2) is 0 Å². The quantitative estimate of drug-likeness (QED) is 0.710. The molecule has 76 valence electrons. The van der Waals surface area contributed by atoms with Crippen molar-refractivity contribution in [3.8, 4) is 0 Å². The highest BCUT2D eigenvalue weighted by Gasteiger charge is 2.18. The van der Waals surface area contributed by atoms with Gasteiger partial charge in [-0.05, 0) is 23.8 Å². The molecule has 2 heteroatoms. The Morgan fingerprint density at radius 1 is 1.29 bits per heavy atom. The van der Waals surface area contributed by atoms with E-state index in [1.54, 1.807) is 0 Å². The summed E-state index contributed by atoms with van der Waals surface area (Å²) >= 11 is 0. The van der Waals surface area contributed by atoms with Crippen LogP contribution in [0.15, 0.2) is 23.2 Å². The van der Waals surface area contributed by atoms with Gasteiger partial charge in [0.25, 0.3) is 0 Å². The first-order valence-corrected chi connectivity index (χ1v) is 4.78. The zero-order valence-electron chi connectivity index (χ0n) is 9.39. The van der Waals surface area contributed by atoms with Crippen LogP contribution in [-0.2, 0) is 5.41 Å². The van der Waals surface area contributed by atoms with Crippen molar-refractivity contribution in [2.75, 3.05) is 12.4 Å². The van der Waals surface area contributed by atoms with Crippen LogP contribution in [0.3, 0.4) is 0 Å². The zero-order chi connectivity index (χ0) is 10.8. The third-order valence-corrected chi connectivity index (χ3v) is 2.27. The summed E-state index contributed by atoms with van der Waals surface area (Å²) in [6.45, 7) is 10.2. The van der Waals surface area contributed by atoms with Crippen LogP contribution in [0.4, 0.5) is 11.4 Å². The molecular weight excluding hydrogens is 172 g/mol. The lowest BCUT2D eigenvalue weighted by atomic mass is 9.85. The smallest absolute Gasteiger partial charge is 0.0890 e. The number of para-hydroxylation sites is 1. The van der Waals surface area contributed by atoms with Crippen molar-refractivity contribution < 1.29 is 0 Å². The Balaban J connectivity index is 3.37. The molecule has 0 fully saturated rings. The molecule has 1 rings (SSSR count). The van der Waals surface area contributed by atoms with Gasteiger partial charge >= 0.3 is 0 Å². The molecule has 0 saturated carbocycles. The number of rotatable bonds is 2. The van der Waals surface area contributed by atoms with Gasteiger partial charge in [-0.1, -0.05) is 32.9 Å². The monoisotopic (exact) mass is 190 g/mol. The Hall–Kier alpha value is -1.31. The normalized spacial score (nSPS) is 11.1. The Labute approximate surface area is 86.1 Å². The summed E-state index contributed by atoms with van der Waals surface area (Å²) in [6, 6.07) is 6.16. The van der Waals surface area contributed by atoms with Crippen LogP contribution in [0.5, 0.6) is 0 Å². The van der Waals surface area contributed by atoms with Crippen LogP contribution in [0.25, 0.3) is 0 Å². The van der Waals surface area contributed by atoms with E-state index in [-0.39, 0.29) is 5.41 Å². The summed E-state index contributed by atoms with van der Waals surface area (Å²) < 4.78 is 0. The first-order valence-electron chi connectivity index (χ1n) is 4.78. The van der Waals surface area contributed by atoms with Crippen LogP contribution >= 0.6 is 0 Å². The van der Waals surface area contributed by atoms with E-state index in [0.29, 0.717) is 0 Å². The van der Waals surface area contributed by atoms with Crippen molar-refractivity contribution in [1.29, 1.82) is 0 Å². The molecule has 0 aromatic heterocycles.